The highest BCUT2D eigenvalue weighted by Gasteiger charge is 2.28. The summed E-state index contributed by atoms with van der Waals surface area (Å²) in [6, 6.07) is 43.7. The van der Waals surface area contributed by atoms with E-state index in [1.54, 1.807) is 0 Å². The number of allylic oxidation sites excluding steroid dienone is 1. The van der Waals surface area contributed by atoms with Crippen LogP contribution in [-0.2, 0) is 0 Å². The second-order valence-corrected chi connectivity index (χ2v) is 10.9. The number of hydrogen-bond donors (Lipinski definition) is 1. The Kier molecular flexibility index (Phi) is 9.87. The van der Waals surface area contributed by atoms with E-state index in [4.69, 9.17) is 0 Å². The van der Waals surface area contributed by atoms with Crippen LogP contribution in [0.5, 0.6) is 0 Å². The van der Waals surface area contributed by atoms with E-state index in [1.165, 1.54) is 65.6 Å². The normalized spacial score (nSPS) is 15.5. The fraction of sp³-hybridized carbons (Fsp3) is 0.163. The minimum Gasteiger partial charge on any atom is -0.412 e. The highest BCUT2D eigenvalue weighted by Crippen LogP contribution is 2.45. The monoisotopic (exact) mass is 605 g/mol. The highest BCUT2D eigenvalue weighted by molar-refractivity contribution is 6.19. The third kappa shape index (κ3) is 5.22. The lowest BCUT2D eigenvalue weighted by Crippen LogP contribution is -2.25. The molecule has 0 amide bonds. The molecule has 0 spiro atoms. The van der Waals surface area contributed by atoms with Gasteiger partial charge in [0, 0.05) is 22.4 Å². The lowest BCUT2D eigenvalue weighted by molar-refractivity contribution is 0.181. The predicted molar refractivity (Wildman–Crippen MR) is 200 cm³/mol. The molecule has 0 bridgehead atoms. The van der Waals surface area contributed by atoms with Crippen LogP contribution in [0.25, 0.3) is 65.7 Å². The Labute approximate surface area is 272 Å². The summed E-state index contributed by atoms with van der Waals surface area (Å²) in [6.07, 6.45) is 5.73. The molecule has 7 aromatic rings. The van der Waals surface area contributed by atoms with E-state index in [-0.39, 0.29) is 11.4 Å². The Balaban J connectivity index is 0.000000804. The molecule has 3 N–H and O–H groups in total. The molecule has 8 rings (SSSR count). The zero-order valence-electron chi connectivity index (χ0n) is 27.3. The molecule has 0 radical (unpaired) electrons. The number of benzene rings is 6. The van der Waals surface area contributed by atoms with Crippen LogP contribution < -0.4 is 0 Å². The van der Waals surface area contributed by atoms with Crippen LogP contribution in [0.2, 0.25) is 0 Å². The third-order valence-electron chi connectivity index (χ3n) is 8.77. The molecular formula is C43H43NO2. The van der Waals surface area contributed by atoms with Crippen LogP contribution in [-0.4, -0.2) is 21.3 Å². The molecule has 0 saturated carbocycles. The van der Waals surface area contributed by atoms with Gasteiger partial charge in [-0.15, -0.1) is 0 Å². The van der Waals surface area contributed by atoms with Crippen molar-refractivity contribution in [2.75, 3.05) is 0 Å². The van der Waals surface area contributed by atoms with Crippen molar-refractivity contribution in [1.29, 1.82) is 0 Å². The Hall–Kier alpha value is -4.96. The van der Waals surface area contributed by atoms with Crippen molar-refractivity contribution in [1.82, 2.24) is 4.57 Å². The molecule has 232 valence electrons. The van der Waals surface area contributed by atoms with Gasteiger partial charge in [0.1, 0.15) is 0 Å². The topological polar surface area (TPSA) is 56.7 Å². The molecular weight excluding hydrogens is 562 g/mol. The van der Waals surface area contributed by atoms with Crippen molar-refractivity contribution in [3.8, 4) is 16.8 Å². The van der Waals surface area contributed by atoms with Gasteiger partial charge in [0.15, 0.2) is 0 Å². The zero-order chi connectivity index (χ0) is 31.5. The van der Waals surface area contributed by atoms with Gasteiger partial charge >= 0.3 is 0 Å². The van der Waals surface area contributed by atoms with Gasteiger partial charge < -0.3 is 15.1 Å². The maximum Gasteiger partial charge on any atom is 0.0824 e. The molecule has 1 aliphatic carbocycles. The van der Waals surface area contributed by atoms with Gasteiger partial charge in [-0.1, -0.05) is 143 Å². The molecule has 2 atom stereocenters. The number of fused-ring (bicyclic) bond motifs is 5. The summed E-state index contributed by atoms with van der Waals surface area (Å²) in [7, 11) is 0. The summed E-state index contributed by atoms with van der Waals surface area (Å²) in [5.74, 6) is 0.0168. The van der Waals surface area contributed by atoms with E-state index >= 15 is 0 Å². The number of aliphatic hydroxyl groups excluding tert-OH is 1. The summed E-state index contributed by atoms with van der Waals surface area (Å²) in [6.45, 7) is 10.1. The minimum absolute atomic E-state index is 0. The van der Waals surface area contributed by atoms with Gasteiger partial charge in [0.05, 0.1) is 17.1 Å². The smallest absolute Gasteiger partial charge is 0.0824 e. The zero-order valence-corrected chi connectivity index (χ0v) is 27.3. The van der Waals surface area contributed by atoms with Crippen LogP contribution in [0, 0.1) is 5.92 Å². The third-order valence-corrected chi connectivity index (χ3v) is 8.77. The molecule has 6 aromatic carbocycles. The van der Waals surface area contributed by atoms with Gasteiger partial charge in [-0.25, -0.2) is 0 Å². The molecule has 1 aliphatic rings. The molecule has 46 heavy (non-hydrogen) atoms. The summed E-state index contributed by atoms with van der Waals surface area (Å²) in [5, 5.41) is 18.0. The maximum absolute atomic E-state index is 10.6. The van der Waals surface area contributed by atoms with Crippen molar-refractivity contribution in [3.63, 3.8) is 0 Å². The SMILES string of the molecule is C/C=C(/c1c2ccccc2c(-c2ccc(-n3c4ccccc4c4ccccc43)cc2)c2ccccc12)C1C=CC1O.CC.CC.O. The fourth-order valence-corrected chi connectivity index (χ4v) is 6.84. The number of hydrogen-bond acceptors (Lipinski definition) is 1. The Bertz CT molecular complexity index is 2070. The van der Waals surface area contributed by atoms with E-state index in [0.717, 1.165) is 5.69 Å². The van der Waals surface area contributed by atoms with E-state index in [1.807, 2.05) is 33.8 Å². The first-order valence-electron chi connectivity index (χ1n) is 16.3. The Morgan fingerprint density at radius 3 is 1.41 bits per heavy atom. The van der Waals surface area contributed by atoms with Gasteiger partial charge in [-0.2, -0.15) is 0 Å². The van der Waals surface area contributed by atoms with Gasteiger partial charge in [-0.3, -0.25) is 0 Å². The van der Waals surface area contributed by atoms with Crippen molar-refractivity contribution < 1.29 is 10.6 Å². The van der Waals surface area contributed by atoms with Gasteiger partial charge in [-0.05, 0) is 75.0 Å². The molecule has 1 heterocycles. The molecule has 3 heteroatoms. The summed E-state index contributed by atoms with van der Waals surface area (Å²) < 4.78 is 2.36. The number of aliphatic hydroxyl groups is 1. The molecule has 0 aliphatic heterocycles. The van der Waals surface area contributed by atoms with Crippen LogP contribution >= 0.6 is 0 Å². The Morgan fingerprint density at radius 1 is 0.565 bits per heavy atom. The van der Waals surface area contributed by atoms with Crippen molar-refractivity contribution in [2.45, 2.75) is 40.7 Å². The average Bonchev–Trinajstić information content (AvgIpc) is 3.45. The molecule has 3 nitrogen and oxygen atoms in total. The molecule has 0 fully saturated rings. The first-order chi connectivity index (χ1) is 22.2. The van der Waals surface area contributed by atoms with Crippen LogP contribution in [0.15, 0.2) is 140 Å². The number of para-hydroxylation sites is 2. The second kappa shape index (κ2) is 14.0. The second-order valence-electron chi connectivity index (χ2n) is 10.9. The van der Waals surface area contributed by atoms with Crippen molar-refractivity contribution in [2.24, 2.45) is 5.92 Å². The standard InChI is InChI=1S/C39H29NO.2C2H6.H2O/c1-2-27(30-23-24-37(30)41)39-33-15-5-3-13-31(33)38(32-14-4-6-16-34(32)39)25-19-21-26(22-20-25)40-35-17-9-7-11-28(35)29-12-8-10-18-36(29)40;2*1-2;/h2-24,30,37,41H,1H3;2*1-2H3;1H2/b27-2+;;;. The van der Waals surface area contributed by atoms with Crippen LogP contribution in [0.4, 0.5) is 0 Å². The van der Waals surface area contributed by atoms with Crippen LogP contribution in [0.1, 0.15) is 40.2 Å². The first-order valence-corrected chi connectivity index (χ1v) is 16.3. The van der Waals surface area contributed by atoms with E-state index in [2.05, 4.69) is 145 Å². The fourth-order valence-electron chi connectivity index (χ4n) is 6.84. The summed E-state index contributed by atoms with van der Waals surface area (Å²) in [5.41, 5.74) is 8.42. The molecule has 2 unspecified atom stereocenters. The number of rotatable bonds is 4. The lowest BCUT2D eigenvalue weighted by Gasteiger charge is -2.29. The number of aromatic nitrogens is 1. The molecule has 1 aromatic heterocycles. The van der Waals surface area contributed by atoms with E-state index in [9.17, 15) is 5.11 Å². The molecule has 0 saturated heterocycles. The Morgan fingerprint density at radius 2 is 1.00 bits per heavy atom. The summed E-state index contributed by atoms with van der Waals surface area (Å²) in [4.78, 5) is 0. The van der Waals surface area contributed by atoms with Crippen LogP contribution in [0.3, 0.4) is 0 Å². The van der Waals surface area contributed by atoms with Crippen molar-refractivity contribution >= 4 is 48.9 Å². The predicted octanol–water partition coefficient (Wildman–Crippen LogP) is 10.9. The highest BCUT2D eigenvalue weighted by atomic mass is 16.3. The number of nitrogens with zero attached hydrogens (tertiary/aromatic N) is 1. The van der Waals surface area contributed by atoms with E-state index in [0.29, 0.717) is 0 Å². The van der Waals surface area contributed by atoms with Crippen molar-refractivity contribution in [3.05, 3.63) is 145 Å². The largest absolute Gasteiger partial charge is 0.412 e. The average molecular weight is 606 g/mol. The first kappa shape index (κ1) is 32.4. The lowest BCUT2D eigenvalue weighted by atomic mass is 9.77. The summed E-state index contributed by atoms with van der Waals surface area (Å²) >= 11 is 0. The quantitative estimate of drug-likeness (QED) is 0.157. The van der Waals surface area contributed by atoms with Gasteiger partial charge in [0.2, 0.25) is 0 Å². The van der Waals surface area contributed by atoms with Gasteiger partial charge in [0.25, 0.3) is 0 Å². The maximum atomic E-state index is 10.6. The minimum atomic E-state index is -0.438. The van der Waals surface area contributed by atoms with E-state index < -0.39 is 6.10 Å².